The lowest BCUT2D eigenvalue weighted by atomic mass is 10.1. The fraction of sp³-hybridized carbons (Fsp3) is 0.526. The second-order valence-electron chi connectivity index (χ2n) is 7.04. The Balaban J connectivity index is 1.66. The third kappa shape index (κ3) is 2.62. The molecule has 27 heavy (non-hydrogen) atoms. The Hall–Kier alpha value is -2.77. The number of nitrogens with zero attached hydrogens (tertiary/aromatic N) is 5. The molecular formula is C19H25N5O3. The van der Waals surface area contributed by atoms with Gasteiger partial charge in [-0.25, -0.2) is 9.79 Å². The number of rotatable bonds is 5. The van der Waals surface area contributed by atoms with Gasteiger partial charge in [-0.15, -0.1) is 0 Å². The maximum Gasteiger partial charge on any atom is 0.328 e. The van der Waals surface area contributed by atoms with Crippen molar-refractivity contribution in [3.8, 4) is 5.75 Å². The average Bonchev–Trinajstić information content (AvgIpc) is 3.25. The van der Waals surface area contributed by atoms with Gasteiger partial charge in [0, 0.05) is 26.7 Å². The molecule has 0 N–H and O–H groups in total. The fourth-order valence-electron chi connectivity index (χ4n) is 4.04. The zero-order valence-corrected chi connectivity index (χ0v) is 16.0. The van der Waals surface area contributed by atoms with Gasteiger partial charge in [-0.3, -0.25) is 9.69 Å². The summed E-state index contributed by atoms with van der Waals surface area (Å²) >= 11 is 0. The van der Waals surface area contributed by atoms with E-state index in [-0.39, 0.29) is 11.9 Å². The normalized spacial score (nSPS) is 24.3. The molecule has 1 aromatic rings. The van der Waals surface area contributed by atoms with Gasteiger partial charge < -0.3 is 19.4 Å². The second kappa shape index (κ2) is 6.75. The van der Waals surface area contributed by atoms with E-state index in [9.17, 15) is 9.59 Å². The van der Waals surface area contributed by atoms with Crippen LogP contribution in [0.3, 0.4) is 0 Å². The number of guanidine groups is 1. The minimum absolute atomic E-state index is 0.142. The number of carbonyl (C=O) groups excluding carboxylic acids is 2. The number of urea groups is 1. The van der Waals surface area contributed by atoms with Crippen molar-refractivity contribution in [1.29, 1.82) is 0 Å². The first-order chi connectivity index (χ1) is 13.1. The van der Waals surface area contributed by atoms with Crippen LogP contribution in [0.4, 0.5) is 10.5 Å². The van der Waals surface area contributed by atoms with Crippen molar-refractivity contribution < 1.29 is 14.3 Å². The highest BCUT2D eigenvalue weighted by atomic mass is 16.5. The monoisotopic (exact) mass is 371 g/mol. The maximum atomic E-state index is 13.1. The molecule has 2 fully saturated rings. The molecule has 0 radical (unpaired) electrons. The Morgan fingerprint density at radius 1 is 1.22 bits per heavy atom. The van der Waals surface area contributed by atoms with E-state index in [2.05, 4.69) is 4.90 Å². The van der Waals surface area contributed by atoms with Gasteiger partial charge in [0.05, 0.1) is 12.8 Å². The van der Waals surface area contributed by atoms with Crippen LogP contribution < -0.4 is 9.64 Å². The van der Waals surface area contributed by atoms with Crippen LogP contribution in [0.5, 0.6) is 5.75 Å². The highest BCUT2D eigenvalue weighted by Gasteiger charge is 2.54. The summed E-state index contributed by atoms with van der Waals surface area (Å²) in [6.45, 7) is 3.92. The lowest BCUT2D eigenvalue weighted by Gasteiger charge is -2.40. The molecule has 2 unspecified atom stereocenters. The zero-order valence-electron chi connectivity index (χ0n) is 16.0. The molecule has 2 atom stereocenters. The van der Waals surface area contributed by atoms with Crippen LogP contribution in [-0.4, -0.2) is 78.6 Å². The quantitative estimate of drug-likeness (QED) is 0.786. The molecule has 0 bridgehead atoms. The Labute approximate surface area is 159 Å². The Bertz CT molecular complexity index is 795. The molecule has 3 heterocycles. The van der Waals surface area contributed by atoms with Crippen LogP contribution >= 0.6 is 0 Å². The topological polar surface area (TPSA) is 68.7 Å². The van der Waals surface area contributed by atoms with Crippen LogP contribution in [0.15, 0.2) is 29.3 Å². The highest BCUT2D eigenvalue weighted by Crippen LogP contribution is 2.36. The molecule has 0 saturated carbocycles. The minimum Gasteiger partial charge on any atom is -0.495 e. The molecule has 144 valence electrons. The van der Waals surface area contributed by atoms with Crippen molar-refractivity contribution in [2.45, 2.75) is 32.0 Å². The first kappa shape index (κ1) is 17.6. The molecule has 2 saturated heterocycles. The molecule has 0 spiro atoms. The van der Waals surface area contributed by atoms with E-state index in [4.69, 9.17) is 9.73 Å². The predicted octanol–water partition coefficient (Wildman–Crippen LogP) is 1.58. The Kier molecular flexibility index (Phi) is 4.41. The minimum atomic E-state index is -0.476. The highest BCUT2D eigenvalue weighted by molar-refractivity contribution is 6.08. The van der Waals surface area contributed by atoms with E-state index in [1.165, 1.54) is 4.90 Å². The van der Waals surface area contributed by atoms with Crippen LogP contribution in [0.1, 0.15) is 19.8 Å². The number of ether oxygens (including phenoxy) is 1. The van der Waals surface area contributed by atoms with E-state index in [0.29, 0.717) is 13.1 Å². The van der Waals surface area contributed by atoms with E-state index in [1.54, 1.807) is 19.1 Å². The van der Waals surface area contributed by atoms with E-state index < -0.39 is 12.2 Å². The molecule has 3 aliphatic heterocycles. The smallest absolute Gasteiger partial charge is 0.328 e. The molecule has 4 rings (SSSR count). The summed E-state index contributed by atoms with van der Waals surface area (Å²) < 4.78 is 5.49. The van der Waals surface area contributed by atoms with Gasteiger partial charge in [0.1, 0.15) is 5.75 Å². The van der Waals surface area contributed by atoms with Gasteiger partial charge in [-0.2, -0.15) is 0 Å². The number of imide groups is 1. The number of methoxy groups -OCH3 is 1. The second-order valence-corrected chi connectivity index (χ2v) is 7.04. The first-order valence-electron chi connectivity index (χ1n) is 9.41. The van der Waals surface area contributed by atoms with Gasteiger partial charge in [0.2, 0.25) is 5.96 Å². The summed E-state index contributed by atoms with van der Waals surface area (Å²) in [6.07, 6.45) is 1.27. The summed E-state index contributed by atoms with van der Waals surface area (Å²) in [5.74, 6) is 1.36. The largest absolute Gasteiger partial charge is 0.495 e. The molecule has 0 aromatic heterocycles. The van der Waals surface area contributed by atoms with Crippen LogP contribution in [-0.2, 0) is 4.79 Å². The summed E-state index contributed by atoms with van der Waals surface area (Å²) in [5, 5.41) is 0. The zero-order chi connectivity index (χ0) is 19.1. The van der Waals surface area contributed by atoms with Crippen molar-refractivity contribution in [2.75, 3.05) is 38.7 Å². The lowest BCUT2D eigenvalue weighted by Crippen LogP contribution is -2.64. The number of likely N-dealkylation sites (N-methyl/N-ethyl adjacent to an activating group) is 1. The Morgan fingerprint density at radius 2 is 2.00 bits per heavy atom. The molecule has 3 aliphatic rings. The average molecular weight is 371 g/mol. The van der Waals surface area contributed by atoms with E-state index in [1.807, 2.05) is 36.1 Å². The van der Waals surface area contributed by atoms with E-state index in [0.717, 1.165) is 36.8 Å². The SMILES string of the molecule is CCCCN1C(=O)C2C(N=C3N(c4ccccc4OC)CCN32)N(C)C1=O. The molecule has 0 aliphatic carbocycles. The van der Waals surface area contributed by atoms with Crippen molar-refractivity contribution in [3.63, 3.8) is 0 Å². The summed E-state index contributed by atoms with van der Waals surface area (Å²) in [5.41, 5.74) is 0.921. The maximum absolute atomic E-state index is 13.1. The van der Waals surface area contributed by atoms with Crippen molar-refractivity contribution in [3.05, 3.63) is 24.3 Å². The van der Waals surface area contributed by atoms with Gasteiger partial charge >= 0.3 is 6.03 Å². The number of fused-ring (bicyclic) bond motifs is 3. The number of hydrogen-bond acceptors (Lipinski definition) is 6. The van der Waals surface area contributed by atoms with Gasteiger partial charge in [0.15, 0.2) is 12.2 Å². The third-order valence-electron chi connectivity index (χ3n) is 5.49. The molecule has 1 aromatic carbocycles. The van der Waals surface area contributed by atoms with Crippen LogP contribution in [0.25, 0.3) is 0 Å². The number of benzene rings is 1. The number of aliphatic imine (C=N–C) groups is 1. The molecular weight excluding hydrogens is 346 g/mol. The number of amides is 3. The Morgan fingerprint density at radius 3 is 2.74 bits per heavy atom. The van der Waals surface area contributed by atoms with Gasteiger partial charge in [-0.1, -0.05) is 25.5 Å². The van der Waals surface area contributed by atoms with Crippen LogP contribution in [0.2, 0.25) is 0 Å². The number of anilines is 1. The molecule has 8 nitrogen and oxygen atoms in total. The molecule has 8 heteroatoms. The van der Waals surface area contributed by atoms with Crippen LogP contribution in [0, 0.1) is 0 Å². The summed E-state index contributed by atoms with van der Waals surface area (Å²) in [7, 11) is 3.37. The van der Waals surface area contributed by atoms with Crippen molar-refractivity contribution in [2.24, 2.45) is 4.99 Å². The molecule has 3 amide bonds. The lowest BCUT2D eigenvalue weighted by molar-refractivity contribution is -0.137. The van der Waals surface area contributed by atoms with Gasteiger partial charge in [0.25, 0.3) is 5.91 Å². The number of hydrogen-bond donors (Lipinski definition) is 0. The fourth-order valence-corrected chi connectivity index (χ4v) is 4.04. The first-order valence-corrected chi connectivity index (χ1v) is 9.41. The van der Waals surface area contributed by atoms with Gasteiger partial charge in [-0.05, 0) is 18.6 Å². The summed E-state index contributed by atoms with van der Waals surface area (Å²) in [4.78, 5) is 37.6. The number of carbonyl (C=O) groups is 2. The van der Waals surface area contributed by atoms with Crippen molar-refractivity contribution in [1.82, 2.24) is 14.7 Å². The number of para-hydroxylation sites is 2. The number of unbranched alkanes of at least 4 members (excludes halogenated alkanes) is 1. The van der Waals surface area contributed by atoms with E-state index >= 15 is 0 Å². The summed E-state index contributed by atoms with van der Waals surface area (Å²) in [6, 6.07) is 7.07. The predicted molar refractivity (Wildman–Crippen MR) is 102 cm³/mol. The van der Waals surface area contributed by atoms with Crippen molar-refractivity contribution >= 4 is 23.6 Å². The third-order valence-corrected chi connectivity index (χ3v) is 5.49. The standard InChI is InChI=1S/C19H25N5O3/c1-4-5-10-24-17(25)15-16(21(2)19(24)26)20-18-22(11-12-23(15)18)13-8-6-7-9-14(13)27-3/h6-9,15-16H,4-5,10-12H2,1-3H3.